The minimum absolute atomic E-state index is 0. The van der Waals surface area contributed by atoms with E-state index < -0.39 is 6.89 Å². The Hall–Kier alpha value is -1.37. The average Bonchev–Trinajstić information content (AvgIpc) is 3.66. The zero-order valence-corrected chi connectivity index (χ0v) is 38.1. The molecule has 4 aliphatic rings. The number of rotatable bonds is 10. The van der Waals surface area contributed by atoms with Crippen molar-refractivity contribution in [3.05, 3.63) is 94.5 Å². The molecular formula is C48H69Cl2N2PRu. The van der Waals surface area contributed by atoms with E-state index in [1.165, 1.54) is 102 Å². The summed E-state index contributed by atoms with van der Waals surface area (Å²) in [6.45, 7) is 10.4. The Morgan fingerprint density at radius 1 is 0.500 bits per heavy atom. The van der Waals surface area contributed by atoms with Gasteiger partial charge in [-0.05, 0) is 103 Å². The molecule has 1 heterocycles. The number of anilines is 2. The molecule has 3 aromatic rings. The van der Waals surface area contributed by atoms with Gasteiger partial charge in [-0.25, -0.2) is 0 Å². The second kappa shape index (κ2) is 22.5. The summed E-state index contributed by atoms with van der Waals surface area (Å²) in [5.74, 6) is 0. The van der Waals surface area contributed by atoms with E-state index in [1.54, 1.807) is 33.6 Å². The van der Waals surface area contributed by atoms with E-state index in [0.717, 1.165) is 55.7 Å². The van der Waals surface area contributed by atoms with Crippen LogP contribution >= 0.6 is 6.89 Å². The van der Waals surface area contributed by atoms with Crippen LogP contribution < -0.4 is 34.6 Å². The summed E-state index contributed by atoms with van der Waals surface area (Å²) in [5.41, 5.74) is 15.5. The molecule has 0 unspecified atom stereocenters. The van der Waals surface area contributed by atoms with Gasteiger partial charge in [0.1, 0.15) is 5.54 Å². The van der Waals surface area contributed by atoms with E-state index in [2.05, 4.69) is 104 Å². The molecule has 0 bridgehead atoms. The molecule has 3 aromatic carbocycles. The maximum absolute atomic E-state index is 3.05. The molecule has 7 rings (SSSR count). The Bertz CT molecular complexity index is 1480. The van der Waals surface area contributed by atoms with Crippen molar-refractivity contribution in [3.8, 4) is 0 Å². The average molecular weight is 877 g/mol. The maximum atomic E-state index is 3.05. The van der Waals surface area contributed by atoms with Crippen LogP contribution in [0.15, 0.2) is 66.7 Å². The number of benzene rings is 3. The van der Waals surface area contributed by atoms with Crippen molar-refractivity contribution in [3.63, 3.8) is 0 Å². The molecule has 3 aliphatic carbocycles. The fourth-order valence-corrected chi connectivity index (χ4v) is 18.9. The SMILES string of the molecule is CCc1cccc(CC)c1N1CCN(c2c(CC)cccc2CC)C1=P(C1CCCCC1)(C1CCCCC1)C1CCCCC1.[Cl-].[Cl-].[Ru+2]=[CH]c1ccccc1. The predicted molar refractivity (Wildman–Crippen MR) is 229 cm³/mol. The van der Waals surface area contributed by atoms with Gasteiger partial charge in [0.25, 0.3) is 0 Å². The van der Waals surface area contributed by atoms with Crippen LogP contribution in [0.5, 0.6) is 0 Å². The van der Waals surface area contributed by atoms with E-state index in [4.69, 9.17) is 0 Å². The Morgan fingerprint density at radius 3 is 1.11 bits per heavy atom. The van der Waals surface area contributed by atoms with Gasteiger partial charge in [0, 0.05) is 24.5 Å². The Labute approximate surface area is 353 Å². The molecule has 0 N–H and O–H groups in total. The molecule has 0 spiro atoms. The Balaban J connectivity index is 0.000000578. The molecule has 6 heteroatoms. The molecule has 2 nitrogen and oxygen atoms in total. The van der Waals surface area contributed by atoms with E-state index in [-0.39, 0.29) is 24.8 Å². The normalized spacial score (nSPS) is 18.7. The number of aryl methyl sites for hydroxylation is 4. The summed E-state index contributed by atoms with van der Waals surface area (Å²) in [7, 11) is 0. The molecule has 4 fully saturated rings. The van der Waals surface area contributed by atoms with Crippen molar-refractivity contribution >= 4 is 28.4 Å². The van der Waals surface area contributed by atoms with Gasteiger partial charge < -0.3 is 34.6 Å². The first-order valence-corrected chi connectivity index (χ1v) is 24.6. The van der Waals surface area contributed by atoms with Crippen LogP contribution in [-0.4, -0.2) is 40.2 Å². The van der Waals surface area contributed by atoms with Crippen molar-refractivity contribution in [2.24, 2.45) is 0 Å². The van der Waals surface area contributed by atoms with E-state index >= 15 is 0 Å². The quantitative estimate of drug-likeness (QED) is 0.164. The summed E-state index contributed by atoms with van der Waals surface area (Å²) in [6.07, 6.45) is 26.7. The van der Waals surface area contributed by atoms with Crippen molar-refractivity contribution in [1.29, 1.82) is 0 Å². The van der Waals surface area contributed by atoms with Crippen LogP contribution in [0.1, 0.15) is 152 Å². The zero-order valence-electron chi connectivity index (χ0n) is 34.0. The monoisotopic (exact) mass is 876 g/mol. The van der Waals surface area contributed by atoms with Gasteiger partial charge in [-0.15, -0.1) is 0 Å². The molecule has 0 atom stereocenters. The number of para-hydroxylation sites is 2. The van der Waals surface area contributed by atoms with Crippen LogP contribution in [0.4, 0.5) is 11.4 Å². The standard InChI is InChI=1S/C41H63N2P.C7H6.2ClH.Ru/c1-5-32-20-18-21-33(6-2)39(32)42-30-31-43(40-34(7-3)22-19-23-35(40)8-4)41(42)44(36-24-12-9-13-25-36,37-26-14-10-15-27-37)38-28-16-11-17-29-38;1-7-5-3-2-4-6-7;;;/h18-23,36-38H,5-17,24-31H2,1-4H3;1-6H;2*1H;/q;;;;+2/p-2. The summed E-state index contributed by atoms with van der Waals surface area (Å²) >= 11 is 2.48. The Kier molecular flexibility index (Phi) is 18.9. The van der Waals surface area contributed by atoms with Crippen LogP contribution in [0.3, 0.4) is 0 Å². The zero-order chi connectivity index (χ0) is 36.3. The van der Waals surface area contributed by atoms with Crippen LogP contribution in [0.2, 0.25) is 0 Å². The predicted octanol–water partition coefficient (Wildman–Crippen LogP) is 6.76. The van der Waals surface area contributed by atoms with Gasteiger partial charge >= 0.3 is 58.4 Å². The molecule has 0 aromatic heterocycles. The third kappa shape index (κ3) is 9.66. The first kappa shape index (κ1) is 45.3. The molecule has 298 valence electrons. The first-order chi connectivity index (χ1) is 25.6. The first-order valence-electron chi connectivity index (χ1n) is 21.6. The van der Waals surface area contributed by atoms with E-state index in [9.17, 15) is 0 Å². The van der Waals surface area contributed by atoms with E-state index in [0.29, 0.717) is 0 Å². The van der Waals surface area contributed by atoms with Crippen molar-refractivity contribution < 1.29 is 42.7 Å². The van der Waals surface area contributed by atoms with Gasteiger partial charge in [0.15, 0.2) is 0 Å². The van der Waals surface area contributed by atoms with Gasteiger partial charge in [0.05, 0.1) is 0 Å². The Morgan fingerprint density at radius 2 is 0.833 bits per heavy atom. The van der Waals surface area contributed by atoms with Gasteiger partial charge in [-0.3, -0.25) is 0 Å². The minimum atomic E-state index is -1.57. The summed E-state index contributed by atoms with van der Waals surface area (Å²) in [4.78, 5) is 6.10. The number of nitrogens with zero attached hydrogens (tertiary/aromatic N) is 2. The summed E-state index contributed by atoms with van der Waals surface area (Å²) < 4.78 is 2.01. The molecular weight excluding hydrogens is 807 g/mol. The molecule has 1 aliphatic heterocycles. The second-order valence-corrected chi connectivity index (χ2v) is 20.9. The topological polar surface area (TPSA) is 6.48 Å². The summed E-state index contributed by atoms with van der Waals surface area (Å²) in [5, 5.41) is 0. The van der Waals surface area contributed by atoms with Crippen molar-refractivity contribution in [1.82, 2.24) is 0 Å². The van der Waals surface area contributed by atoms with Gasteiger partial charge in [-0.2, -0.15) is 0 Å². The fraction of sp³-hybridized carbons (Fsp3) is 0.583. The fourth-order valence-electron chi connectivity index (χ4n) is 10.9. The molecule has 1 saturated heterocycles. The molecule has 0 amide bonds. The number of hydrogen-bond donors (Lipinski definition) is 0. The van der Waals surface area contributed by atoms with Crippen LogP contribution in [0.25, 0.3) is 0 Å². The number of hydrogen-bond acceptors (Lipinski definition) is 0. The van der Waals surface area contributed by atoms with Crippen LogP contribution in [0, 0.1) is 0 Å². The van der Waals surface area contributed by atoms with Crippen LogP contribution in [-0.2, 0) is 43.5 Å². The van der Waals surface area contributed by atoms with Crippen molar-refractivity contribution in [2.75, 3.05) is 22.9 Å². The van der Waals surface area contributed by atoms with Crippen molar-refractivity contribution in [2.45, 2.75) is 167 Å². The third-order valence-electron chi connectivity index (χ3n) is 13.3. The third-order valence-corrected chi connectivity index (χ3v) is 20.2. The van der Waals surface area contributed by atoms with Gasteiger partial charge in [-0.1, -0.05) is 129 Å². The summed E-state index contributed by atoms with van der Waals surface area (Å²) in [6, 6.07) is 24.8. The molecule has 3 saturated carbocycles. The molecule has 54 heavy (non-hydrogen) atoms. The second-order valence-electron chi connectivity index (χ2n) is 16.1. The van der Waals surface area contributed by atoms with Gasteiger partial charge in [0.2, 0.25) is 0 Å². The van der Waals surface area contributed by atoms with E-state index in [1.807, 2.05) is 28.3 Å². The number of halogens is 2. The molecule has 0 radical (unpaired) electrons.